The highest BCUT2D eigenvalue weighted by atomic mass is 32.1. The fourth-order valence-electron chi connectivity index (χ4n) is 2.56. The van der Waals surface area contributed by atoms with Gasteiger partial charge in [0, 0.05) is 12.1 Å². The van der Waals surface area contributed by atoms with Crippen LogP contribution < -0.4 is 5.76 Å². The Labute approximate surface area is 159 Å². The van der Waals surface area contributed by atoms with E-state index in [1.54, 1.807) is 6.07 Å². The Balaban J connectivity index is 1.45. The van der Waals surface area contributed by atoms with Crippen molar-refractivity contribution in [3.63, 3.8) is 0 Å². The fraction of sp³-hybridized carbons (Fsp3) is 0.118. The largest absolute Gasteiger partial charge is 0.458 e. The number of nitro benzene ring substituents is 1. The molecular formula is C17H11N3O7S. The van der Waals surface area contributed by atoms with Crippen LogP contribution in [0.5, 0.6) is 0 Å². The van der Waals surface area contributed by atoms with E-state index in [4.69, 9.17) is 13.7 Å². The van der Waals surface area contributed by atoms with Gasteiger partial charge in [0.15, 0.2) is 11.3 Å². The van der Waals surface area contributed by atoms with Gasteiger partial charge >= 0.3 is 11.7 Å². The van der Waals surface area contributed by atoms with Crippen LogP contribution in [0.3, 0.4) is 0 Å². The predicted molar refractivity (Wildman–Crippen MR) is 96.7 cm³/mol. The fourth-order valence-corrected chi connectivity index (χ4v) is 3.24. The number of fused-ring (bicyclic) bond motifs is 1. The maximum atomic E-state index is 12.1. The first-order valence-corrected chi connectivity index (χ1v) is 8.82. The topological polar surface area (TPSA) is 131 Å². The Kier molecular flexibility index (Phi) is 4.49. The molecule has 0 saturated carbocycles. The minimum Gasteiger partial charge on any atom is -0.458 e. The monoisotopic (exact) mass is 401 g/mol. The van der Waals surface area contributed by atoms with E-state index in [1.165, 1.54) is 23.5 Å². The van der Waals surface area contributed by atoms with Crippen molar-refractivity contribution >= 4 is 34.1 Å². The highest BCUT2D eigenvalue weighted by molar-refractivity contribution is 7.13. The zero-order valence-electron chi connectivity index (χ0n) is 14.1. The van der Waals surface area contributed by atoms with E-state index >= 15 is 0 Å². The van der Waals surface area contributed by atoms with E-state index in [2.05, 4.69) is 5.16 Å². The number of ether oxygens (including phenoxy) is 1. The molecule has 10 nitrogen and oxygen atoms in total. The molecule has 142 valence electrons. The molecule has 1 aromatic carbocycles. The number of nitrogens with zero attached hydrogens (tertiary/aromatic N) is 3. The lowest BCUT2D eigenvalue weighted by molar-refractivity contribution is -0.384. The molecule has 0 aliphatic carbocycles. The number of hydrogen-bond donors (Lipinski definition) is 0. The van der Waals surface area contributed by atoms with Gasteiger partial charge in [0.05, 0.1) is 21.4 Å². The van der Waals surface area contributed by atoms with Crippen molar-refractivity contribution < 1.29 is 23.4 Å². The Hall–Kier alpha value is -3.73. The average Bonchev–Trinajstić information content (AvgIpc) is 3.40. The lowest BCUT2D eigenvalue weighted by atomic mass is 10.3. The summed E-state index contributed by atoms with van der Waals surface area (Å²) in [5.74, 6) is -0.933. The second kappa shape index (κ2) is 7.12. The van der Waals surface area contributed by atoms with E-state index in [-0.39, 0.29) is 23.4 Å². The van der Waals surface area contributed by atoms with Gasteiger partial charge in [-0.2, -0.15) is 0 Å². The zero-order chi connectivity index (χ0) is 19.7. The number of hydrogen-bond acceptors (Lipinski definition) is 9. The first kappa shape index (κ1) is 17.7. The summed E-state index contributed by atoms with van der Waals surface area (Å²) in [6.07, 6.45) is 0. The van der Waals surface area contributed by atoms with Crippen molar-refractivity contribution in [3.8, 4) is 10.6 Å². The van der Waals surface area contributed by atoms with Crippen LogP contribution >= 0.6 is 11.3 Å². The van der Waals surface area contributed by atoms with E-state index in [0.717, 1.165) is 15.5 Å². The number of aromatic nitrogens is 2. The summed E-state index contributed by atoms with van der Waals surface area (Å²) >= 11 is 1.49. The van der Waals surface area contributed by atoms with Gasteiger partial charge in [0.1, 0.15) is 18.8 Å². The Morgan fingerprint density at radius 2 is 2.18 bits per heavy atom. The number of oxazole rings is 1. The number of nitro groups is 1. The number of non-ortho nitro benzene ring substituents is 1. The Morgan fingerprint density at radius 1 is 1.32 bits per heavy atom. The molecule has 0 fully saturated rings. The molecule has 11 heteroatoms. The molecule has 0 saturated heterocycles. The van der Waals surface area contributed by atoms with Crippen LogP contribution in [0.25, 0.3) is 21.7 Å². The maximum absolute atomic E-state index is 12.1. The first-order chi connectivity index (χ1) is 13.5. The smallest absolute Gasteiger partial charge is 0.420 e. The number of carbonyl (C=O) groups excluding carboxylic acids is 1. The zero-order valence-corrected chi connectivity index (χ0v) is 14.9. The molecule has 0 unspecified atom stereocenters. The Bertz CT molecular complexity index is 1220. The van der Waals surface area contributed by atoms with E-state index in [1.807, 2.05) is 17.5 Å². The minimum atomic E-state index is -0.811. The Morgan fingerprint density at radius 3 is 2.93 bits per heavy atom. The summed E-state index contributed by atoms with van der Waals surface area (Å²) in [6.45, 7) is -0.525. The van der Waals surface area contributed by atoms with Gasteiger partial charge in [-0.25, -0.2) is 4.79 Å². The molecule has 0 spiro atoms. The number of esters is 1. The molecule has 28 heavy (non-hydrogen) atoms. The normalized spacial score (nSPS) is 11.0. The molecule has 0 aliphatic heterocycles. The van der Waals surface area contributed by atoms with Crippen molar-refractivity contribution in [2.24, 2.45) is 0 Å². The van der Waals surface area contributed by atoms with Crippen LogP contribution in [0, 0.1) is 10.1 Å². The second-order valence-corrected chi connectivity index (χ2v) is 6.63. The predicted octanol–water partition coefficient (Wildman–Crippen LogP) is 2.96. The van der Waals surface area contributed by atoms with Crippen LogP contribution in [-0.4, -0.2) is 20.6 Å². The standard InChI is InChI=1S/C17H11N3O7S/c21-16(25-9-10-6-14(27-18-10)15-2-1-5-28-15)8-19-12-4-3-11(20(23)24)7-13(12)26-17(19)22/h1-7H,8-9H2. The van der Waals surface area contributed by atoms with Gasteiger partial charge in [-0.05, 0) is 17.5 Å². The van der Waals surface area contributed by atoms with Crippen LogP contribution in [0.2, 0.25) is 0 Å². The molecule has 0 atom stereocenters. The summed E-state index contributed by atoms with van der Waals surface area (Å²) in [5.41, 5.74) is 0.485. The lowest BCUT2D eigenvalue weighted by Gasteiger charge is -2.03. The minimum absolute atomic E-state index is 0.0177. The van der Waals surface area contributed by atoms with Crippen molar-refractivity contribution in [1.82, 2.24) is 9.72 Å². The molecule has 0 amide bonds. The van der Waals surface area contributed by atoms with Gasteiger partial charge in [0.25, 0.3) is 5.69 Å². The summed E-state index contributed by atoms with van der Waals surface area (Å²) in [5, 5.41) is 16.5. The molecule has 0 aliphatic rings. The summed E-state index contributed by atoms with van der Waals surface area (Å²) in [4.78, 5) is 35.2. The van der Waals surface area contributed by atoms with E-state index in [9.17, 15) is 19.7 Å². The SMILES string of the molecule is O=C(Cn1c(=O)oc2cc([N+](=O)[O-])ccc21)OCc1cc(-c2cccs2)on1. The lowest BCUT2D eigenvalue weighted by Crippen LogP contribution is -2.21. The molecule has 3 heterocycles. The molecule has 4 aromatic rings. The third-order valence-electron chi connectivity index (χ3n) is 3.85. The third kappa shape index (κ3) is 3.42. The number of thiophene rings is 1. The second-order valence-electron chi connectivity index (χ2n) is 5.68. The van der Waals surface area contributed by atoms with Crippen LogP contribution in [0.4, 0.5) is 5.69 Å². The van der Waals surface area contributed by atoms with E-state index < -0.39 is 23.2 Å². The summed E-state index contributed by atoms with van der Waals surface area (Å²) in [7, 11) is 0. The van der Waals surface area contributed by atoms with Gasteiger partial charge in [-0.3, -0.25) is 19.5 Å². The maximum Gasteiger partial charge on any atom is 0.420 e. The van der Waals surface area contributed by atoms with Crippen LogP contribution in [0.15, 0.2) is 55.5 Å². The number of carbonyl (C=O) groups is 1. The molecule has 0 radical (unpaired) electrons. The van der Waals surface area contributed by atoms with Gasteiger partial charge in [0.2, 0.25) is 0 Å². The molecule has 0 bridgehead atoms. The molecular weight excluding hydrogens is 390 g/mol. The highest BCUT2D eigenvalue weighted by Crippen LogP contribution is 2.25. The van der Waals surface area contributed by atoms with Crippen molar-refractivity contribution in [1.29, 1.82) is 0 Å². The summed E-state index contributed by atoms with van der Waals surface area (Å²) in [6, 6.07) is 9.11. The van der Waals surface area contributed by atoms with Crippen molar-refractivity contribution in [3.05, 3.63) is 68.1 Å². The quantitative estimate of drug-likeness (QED) is 0.274. The molecule has 0 N–H and O–H groups in total. The van der Waals surface area contributed by atoms with Crippen LogP contribution in [0.1, 0.15) is 5.69 Å². The van der Waals surface area contributed by atoms with Crippen LogP contribution in [-0.2, 0) is 22.7 Å². The first-order valence-electron chi connectivity index (χ1n) is 7.94. The molecule has 3 aromatic heterocycles. The van der Waals surface area contributed by atoms with Gasteiger partial charge < -0.3 is 13.7 Å². The number of benzene rings is 1. The highest BCUT2D eigenvalue weighted by Gasteiger charge is 2.17. The average molecular weight is 401 g/mol. The number of rotatable bonds is 6. The third-order valence-corrected chi connectivity index (χ3v) is 4.74. The van der Waals surface area contributed by atoms with Crippen molar-refractivity contribution in [2.75, 3.05) is 0 Å². The van der Waals surface area contributed by atoms with Gasteiger partial charge in [-0.1, -0.05) is 11.2 Å². The molecule has 4 rings (SSSR count). The summed E-state index contributed by atoms with van der Waals surface area (Å²) < 4.78 is 16.3. The van der Waals surface area contributed by atoms with Gasteiger partial charge in [-0.15, -0.1) is 11.3 Å². The van der Waals surface area contributed by atoms with Crippen molar-refractivity contribution in [2.45, 2.75) is 13.2 Å². The van der Waals surface area contributed by atoms with E-state index in [0.29, 0.717) is 11.5 Å².